The summed E-state index contributed by atoms with van der Waals surface area (Å²) in [6.45, 7) is 5.08. The molecule has 0 spiro atoms. The molecule has 0 amide bonds. The van der Waals surface area contributed by atoms with Crippen LogP contribution in [-0.4, -0.2) is 34.3 Å². The highest BCUT2D eigenvalue weighted by molar-refractivity contribution is 5.61. The molecule has 0 unspecified atom stereocenters. The van der Waals surface area contributed by atoms with E-state index < -0.39 is 0 Å². The van der Waals surface area contributed by atoms with Crippen molar-refractivity contribution >= 4 is 0 Å². The average molecular weight is 391 g/mol. The van der Waals surface area contributed by atoms with Gasteiger partial charge in [-0.1, -0.05) is 42.5 Å². The summed E-state index contributed by atoms with van der Waals surface area (Å²) >= 11 is 0. The fourth-order valence-electron chi connectivity index (χ4n) is 4.55. The van der Waals surface area contributed by atoms with Crippen LogP contribution in [0.1, 0.15) is 30.1 Å². The number of likely N-dealkylation sites (tertiary alicyclic amines) is 1. The van der Waals surface area contributed by atoms with Crippen molar-refractivity contribution in [2.24, 2.45) is 0 Å². The highest BCUT2D eigenvalue weighted by Gasteiger charge is 2.26. The van der Waals surface area contributed by atoms with Gasteiger partial charge in [-0.15, -0.1) is 0 Å². The minimum absolute atomic E-state index is 0.00812. The lowest BCUT2D eigenvalue weighted by Gasteiger charge is -2.33. The molecule has 1 saturated heterocycles. The number of para-hydroxylation sites is 1. The molecular weight excluding hydrogens is 366 g/mol. The number of imidazole rings is 1. The SMILES string of the molecule is Cc1c(-c2ccccc2)[nH]c(=O)n1C1CCN(Cc2cccc3c2OCO3)CC1. The lowest BCUT2D eigenvalue weighted by atomic mass is 10.0. The Bertz CT molecular complexity index is 1060. The van der Waals surface area contributed by atoms with Crippen molar-refractivity contribution in [3.8, 4) is 22.8 Å². The molecule has 0 radical (unpaired) electrons. The third-order valence-corrected chi connectivity index (χ3v) is 6.03. The number of hydrogen-bond acceptors (Lipinski definition) is 4. The van der Waals surface area contributed by atoms with Crippen LogP contribution >= 0.6 is 0 Å². The smallest absolute Gasteiger partial charge is 0.326 e. The van der Waals surface area contributed by atoms with Crippen molar-refractivity contribution < 1.29 is 9.47 Å². The Balaban J connectivity index is 1.30. The van der Waals surface area contributed by atoms with Crippen LogP contribution < -0.4 is 15.2 Å². The predicted octanol–water partition coefficient (Wildman–Crippen LogP) is 3.72. The molecule has 1 N–H and O–H groups in total. The minimum Gasteiger partial charge on any atom is -0.454 e. The first-order valence-electron chi connectivity index (χ1n) is 10.2. The molecule has 3 heterocycles. The van der Waals surface area contributed by atoms with E-state index in [9.17, 15) is 4.79 Å². The van der Waals surface area contributed by atoms with Gasteiger partial charge < -0.3 is 14.5 Å². The number of nitrogens with zero attached hydrogens (tertiary/aromatic N) is 2. The highest BCUT2D eigenvalue weighted by Crippen LogP contribution is 2.36. The molecular formula is C23H25N3O3. The number of ether oxygens (including phenoxy) is 2. The van der Waals surface area contributed by atoms with E-state index in [1.54, 1.807) is 0 Å². The Morgan fingerprint density at radius 3 is 2.62 bits per heavy atom. The molecule has 2 aliphatic heterocycles. The second-order valence-corrected chi connectivity index (χ2v) is 7.78. The maximum absolute atomic E-state index is 12.7. The van der Waals surface area contributed by atoms with Gasteiger partial charge in [0.2, 0.25) is 6.79 Å². The van der Waals surface area contributed by atoms with E-state index in [4.69, 9.17) is 9.47 Å². The summed E-state index contributed by atoms with van der Waals surface area (Å²) in [5.41, 5.74) is 4.16. The zero-order valence-electron chi connectivity index (χ0n) is 16.6. The van der Waals surface area contributed by atoms with Crippen molar-refractivity contribution in [2.45, 2.75) is 32.4 Å². The van der Waals surface area contributed by atoms with Crippen molar-refractivity contribution in [3.63, 3.8) is 0 Å². The van der Waals surface area contributed by atoms with Gasteiger partial charge in [0.25, 0.3) is 0 Å². The summed E-state index contributed by atoms with van der Waals surface area (Å²) in [6.07, 6.45) is 1.92. The maximum atomic E-state index is 12.7. The second-order valence-electron chi connectivity index (χ2n) is 7.78. The number of aromatic nitrogens is 2. The zero-order chi connectivity index (χ0) is 19.8. The van der Waals surface area contributed by atoms with Crippen LogP contribution in [0.5, 0.6) is 11.5 Å². The average Bonchev–Trinajstić information content (AvgIpc) is 3.34. The molecule has 3 aromatic rings. The van der Waals surface area contributed by atoms with Gasteiger partial charge in [-0.3, -0.25) is 9.47 Å². The molecule has 1 fully saturated rings. The predicted molar refractivity (Wildman–Crippen MR) is 111 cm³/mol. The number of fused-ring (bicyclic) bond motifs is 1. The highest BCUT2D eigenvalue weighted by atomic mass is 16.7. The first-order valence-corrected chi connectivity index (χ1v) is 10.2. The van der Waals surface area contributed by atoms with Crippen LogP contribution in [0.4, 0.5) is 0 Å². The molecule has 0 saturated carbocycles. The lowest BCUT2D eigenvalue weighted by molar-refractivity contribution is 0.164. The lowest BCUT2D eigenvalue weighted by Crippen LogP contribution is -2.37. The molecule has 2 aromatic carbocycles. The summed E-state index contributed by atoms with van der Waals surface area (Å²) in [4.78, 5) is 18.2. The Labute approximate surface area is 169 Å². The normalized spacial score (nSPS) is 17.0. The van der Waals surface area contributed by atoms with Gasteiger partial charge in [-0.25, -0.2) is 4.79 Å². The van der Waals surface area contributed by atoms with Gasteiger partial charge in [0, 0.05) is 36.9 Å². The van der Waals surface area contributed by atoms with E-state index >= 15 is 0 Å². The number of H-pyrrole nitrogens is 1. The first-order chi connectivity index (χ1) is 14.2. The number of nitrogens with one attached hydrogen (secondary N) is 1. The van der Waals surface area contributed by atoms with E-state index in [1.807, 2.05) is 54.0 Å². The van der Waals surface area contributed by atoms with E-state index in [1.165, 1.54) is 5.56 Å². The van der Waals surface area contributed by atoms with E-state index in [2.05, 4.69) is 16.0 Å². The minimum atomic E-state index is -0.00812. The summed E-state index contributed by atoms with van der Waals surface area (Å²) < 4.78 is 13.1. The number of hydrogen-bond donors (Lipinski definition) is 1. The molecule has 0 atom stereocenters. The van der Waals surface area contributed by atoms with Gasteiger partial charge in [0.1, 0.15) is 0 Å². The quantitative estimate of drug-likeness (QED) is 0.736. The van der Waals surface area contributed by atoms with Crippen LogP contribution in [0.25, 0.3) is 11.3 Å². The van der Waals surface area contributed by atoms with Crippen LogP contribution in [0.3, 0.4) is 0 Å². The topological polar surface area (TPSA) is 59.5 Å². The Morgan fingerprint density at radius 2 is 1.83 bits per heavy atom. The fraction of sp³-hybridized carbons (Fsp3) is 0.348. The third kappa shape index (κ3) is 3.34. The zero-order valence-corrected chi connectivity index (χ0v) is 16.6. The summed E-state index contributed by atoms with van der Waals surface area (Å²) in [6, 6.07) is 16.4. The molecule has 0 aliphatic carbocycles. The van der Waals surface area contributed by atoms with Crippen molar-refractivity contribution in [1.82, 2.24) is 14.5 Å². The molecule has 0 bridgehead atoms. The van der Waals surface area contributed by atoms with Crippen LogP contribution in [0.15, 0.2) is 53.3 Å². The summed E-state index contributed by atoms with van der Waals surface area (Å²) in [5, 5.41) is 0. The summed E-state index contributed by atoms with van der Waals surface area (Å²) in [7, 11) is 0. The maximum Gasteiger partial charge on any atom is 0.326 e. The molecule has 150 valence electrons. The molecule has 6 nitrogen and oxygen atoms in total. The summed E-state index contributed by atoms with van der Waals surface area (Å²) in [5.74, 6) is 1.71. The number of benzene rings is 2. The van der Waals surface area contributed by atoms with Crippen molar-refractivity contribution in [2.75, 3.05) is 19.9 Å². The molecule has 1 aromatic heterocycles. The van der Waals surface area contributed by atoms with Gasteiger partial charge in [0.05, 0.1) is 5.69 Å². The third-order valence-electron chi connectivity index (χ3n) is 6.03. The van der Waals surface area contributed by atoms with Gasteiger partial charge in [-0.05, 0) is 31.4 Å². The van der Waals surface area contributed by atoms with Crippen LogP contribution in [0, 0.1) is 6.92 Å². The Kier molecular flexibility index (Phi) is 4.64. The number of piperidine rings is 1. The van der Waals surface area contributed by atoms with Crippen molar-refractivity contribution in [3.05, 3.63) is 70.3 Å². The second kappa shape index (κ2) is 7.44. The van der Waals surface area contributed by atoms with Gasteiger partial charge >= 0.3 is 5.69 Å². The molecule has 5 rings (SSSR count). The Hall–Kier alpha value is -2.99. The van der Waals surface area contributed by atoms with Gasteiger partial charge in [0.15, 0.2) is 11.5 Å². The van der Waals surface area contributed by atoms with Crippen molar-refractivity contribution in [1.29, 1.82) is 0 Å². The number of aromatic amines is 1. The fourth-order valence-corrected chi connectivity index (χ4v) is 4.55. The van der Waals surface area contributed by atoms with Gasteiger partial charge in [-0.2, -0.15) is 0 Å². The van der Waals surface area contributed by atoms with E-state index in [0.29, 0.717) is 6.79 Å². The number of rotatable bonds is 4. The van der Waals surface area contributed by atoms with Crippen LogP contribution in [-0.2, 0) is 6.54 Å². The first kappa shape index (κ1) is 18.1. The molecule has 2 aliphatic rings. The van der Waals surface area contributed by atoms with Crippen LogP contribution in [0.2, 0.25) is 0 Å². The van der Waals surface area contributed by atoms with E-state index in [-0.39, 0.29) is 11.7 Å². The standard InChI is InChI=1S/C23H25N3O3/c1-16-21(17-6-3-2-4-7-17)24-23(27)26(16)19-10-12-25(13-11-19)14-18-8-5-9-20-22(18)29-15-28-20/h2-9,19H,10-15H2,1H3,(H,24,27). The largest absolute Gasteiger partial charge is 0.454 e. The Morgan fingerprint density at radius 1 is 1.03 bits per heavy atom. The molecule has 6 heteroatoms. The monoisotopic (exact) mass is 391 g/mol. The van der Waals surface area contributed by atoms with E-state index in [0.717, 1.165) is 60.9 Å². The molecule has 29 heavy (non-hydrogen) atoms.